The molecule has 0 amide bonds. The number of carbonyl (C=O) groups excluding carboxylic acids is 2. The molecule has 32 heavy (non-hydrogen) atoms. The van der Waals surface area contributed by atoms with E-state index in [-0.39, 0.29) is 16.4 Å². The van der Waals surface area contributed by atoms with Crippen LogP contribution in [0.25, 0.3) is 0 Å². The number of fused-ring (bicyclic) bond motifs is 4. The molecule has 4 nitrogen and oxygen atoms in total. The van der Waals surface area contributed by atoms with Gasteiger partial charge in [0.2, 0.25) is 0 Å². The fourth-order valence-electron chi connectivity index (χ4n) is 7.33. The van der Waals surface area contributed by atoms with Crippen LogP contribution in [0.2, 0.25) is 18.1 Å². The van der Waals surface area contributed by atoms with Gasteiger partial charge in [0.05, 0.1) is 12.7 Å². The highest BCUT2D eigenvalue weighted by molar-refractivity contribution is 6.74. The molecule has 4 aliphatic rings. The maximum atomic E-state index is 12.2. The largest absolute Gasteiger partial charge is 0.466 e. The van der Waals surface area contributed by atoms with Gasteiger partial charge in [-0.2, -0.15) is 0 Å². The van der Waals surface area contributed by atoms with Crippen LogP contribution in [0.15, 0.2) is 11.1 Å². The fourth-order valence-corrected chi connectivity index (χ4v) is 8.78. The summed E-state index contributed by atoms with van der Waals surface area (Å²) < 4.78 is 12.7. The average molecular weight is 461 g/mol. The number of Topliss-reactive ketones (excluding diaryl/α,β-unsaturated/α-hetero) is 1. The highest BCUT2D eigenvalue weighted by atomic mass is 28.4. The quantitative estimate of drug-likeness (QED) is 0.275. The van der Waals surface area contributed by atoms with Crippen molar-refractivity contribution < 1.29 is 18.8 Å². The van der Waals surface area contributed by atoms with Crippen molar-refractivity contribution in [3.63, 3.8) is 0 Å². The van der Waals surface area contributed by atoms with Crippen LogP contribution in [0.5, 0.6) is 0 Å². The smallest absolute Gasteiger partial charge is 0.302 e. The lowest BCUT2D eigenvalue weighted by atomic mass is 9.51. The van der Waals surface area contributed by atoms with Crippen LogP contribution < -0.4 is 0 Å². The summed E-state index contributed by atoms with van der Waals surface area (Å²) in [6.07, 6.45) is 8.37. The molecule has 0 bridgehead atoms. The molecule has 0 spiro atoms. The topological polar surface area (TPSA) is 52.6 Å². The first-order chi connectivity index (χ1) is 14.8. The molecule has 0 aliphatic heterocycles. The Bertz CT molecular complexity index is 807. The second-order valence-electron chi connectivity index (χ2n) is 12.9. The number of carbonyl (C=O) groups is 2. The Morgan fingerprint density at radius 1 is 1.16 bits per heavy atom. The van der Waals surface area contributed by atoms with E-state index in [1.54, 1.807) is 5.57 Å². The first-order valence-corrected chi connectivity index (χ1v) is 15.8. The third kappa shape index (κ3) is 4.17. The van der Waals surface area contributed by atoms with Gasteiger partial charge in [-0.15, -0.1) is 0 Å². The zero-order valence-electron chi connectivity index (χ0n) is 21.4. The first kappa shape index (κ1) is 24.2. The summed E-state index contributed by atoms with van der Waals surface area (Å²) in [6, 6.07) is 0. The number of rotatable bonds is 4. The molecule has 0 unspecified atom stereocenters. The van der Waals surface area contributed by atoms with Crippen molar-refractivity contribution in [1.82, 2.24) is 0 Å². The van der Waals surface area contributed by atoms with Crippen LogP contribution in [0.4, 0.5) is 0 Å². The first-order valence-electron chi connectivity index (χ1n) is 12.9. The molecule has 0 aromatic rings. The molecule has 5 heteroatoms. The molecule has 0 aromatic carbocycles. The van der Waals surface area contributed by atoms with Crippen LogP contribution in [0, 0.1) is 29.1 Å². The Balaban J connectivity index is 1.63. The minimum absolute atomic E-state index is 0.190. The van der Waals surface area contributed by atoms with Crippen LogP contribution >= 0.6 is 0 Å². The van der Waals surface area contributed by atoms with Gasteiger partial charge in [0.25, 0.3) is 0 Å². The molecular weight excluding hydrogens is 416 g/mol. The SMILES string of the molecule is CC(=O)OC[C@@H]1CC2=C(CCC(=O)C2)[C@H]2CC[C@]3(C)[C@@H](O[Si](C)(C)C(C)(C)C)CC[C@H]3[C@H]12. The molecule has 180 valence electrons. The van der Waals surface area contributed by atoms with Gasteiger partial charge < -0.3 is 9.16 Å². The molecule has 0 heterocycles. The van der Waals surface area contributed by atoms with Crippen LogP contribution in [0.3, 0.4) is 0 Å². The Morgan fingerprint density at radius 2 is 1.88 bits per heavy atom. The van der Waals surface area contributed by atoms with E-state index in [0.717, 1.165) is 25.7 Å². The molecule has 2 saturated carbocycles. The van der Waals surface area contributed by atoms with Gasteiger partial charge in [-0.25, -0.2) is 0 Å². The lowest BCUT2D eigenvalue weighted by Crippen LogP contribution is -2.52. The summed E-state index contributed by atoms with van der Waals surface area (Å²) in [4.78, 5) is 23.9. The van der Waals surface area contributed by atoms with Gasteiger partial charge in [-0.1, -0.05) is 38.8 Å². The molecule has 0 radical (unpaired) electrons. The zero-order valence-corrected chi connectivity index (χ0v) is 22.4. The van der Waals surface area contributed by atoms with Crippen molar-refractivity contribution in [2.24, 2.45) is 29.1 Å². The summed E-state index contributed by atoms with van der Waals surface area (Å²) in [6.45, 7) is 16.3. The third-order valence-corrected chi connectivity index (χ3v) is 14.5. The third-order valence-electron chi connectivity index (χ3n) is 10.0. The van der Waals surface area contributed by atoms with E-state index in [1.165, 1.54) is 31.8 Å². The number of esters is 1. The molecular formula is C27H44O4Si. The number of allylic oxidation sites excluding steroid dienone is 2. The summed E-state index contributed by atoms with van der Waals surface area (Å²) in [5.74, 6) is 2.26. The summed E-state index contributed by atoms with van der Waals surface area (Å²) >= 11 is 0. The van der Waals surface area contributed by atoms with E-state index in [0.29, 0.717) is 48.6 Å². The molecule has 0 saturated heterocycles. The van der Waals surface area contributed by atoms with Gasteiger partial charge in [-0.05, 0) is 79.8 Å². The number of ketones is 1. The summed E-state index contributed by atoms with van der Waals surface area (Å²) in [7, 11) is -1.84. The Hall–Kier alpha value is -0.943. The van der Waals surface area contributed by atoms with Crippen molar-refractivity contribution in [3.05, 3.63) is 11.1 Å². The van der Waals surface area contributed by atoms with E-state index in [1.807, 2.05) is 0 Å². The molecule has 0 N–H and O–H groups in total. The van der Waals surface area contributed by atoms with Crippen molar-refractivity contribution in [3.8, 4) is 0 Å². The Morgan fingerprint density at radius 3 is 2.53 bits per heavy atom. The Kier molecular flexibility index (Phi) is 6.33. The Labute approximate surface area is 196 Å². The van der Waals surface area contributed by atoms with E-state index in [4.69, 9.17) is 9.16 Å². The normalized spacial score (nSPS) is 37.6. The van der Waals surface area contributed by atoms with Crippen LogP contribution in [-0.2, 0) is 18.8 Å². The minimum atomic E-state index is -1.84. The number of hydrogen-bond donors (Lipinski definition) is 0. The van der Waals surface area contributed by atoms with E-state index in [2.05, 4.69) is 40.8 Å². The lowest BCUT2D eigenvalue weighted by molar-refractivity contribution is -0.145. The van der Waals surface area contributed by atoms with Gasteiger partial charge in [0.15, 0.2) is 8.32 Å². The van der Waals surface area contributed by atoms with Gasteiger partial charge in [-0.3, -0.25) is 9.59 Å². The van der Waals surface area contributed by atoms with E-state index >= 15 is 0 Å². The summed E-state index contributed by atoms with van der Waals surface area (Å²) in [5, 5.41) is 0.218. The van der Waals surface area contributed by atoms with Gasteiger partial charge in [0, 0.05) is 25.7 Å². The van der Waals surface area contributed by atoms with Crippen molar-refractivity contribution in [1.29, 1.82) is 0 Å². The maximum absolute atomic E-state index is 12.2. The lowest BCUT2D eigenvalue weighted by Gasteiger charge is -2.55. The minimum Gasteiger partial charge on any atom is -0.466 e. The monoisotopic (exact) mass is 460 g/mol. The maximum Gasteiger partial charge on any atom is 0.302 e. The highest BCUT2D eigenvalue weighted by Crippen LogP contribution is 2.63. The molecule has 4 rings (SSSR count). The van der Waals surface area contributed by atoms with Gasteiger partial charge in [0.1, 0.15) is 5.78 Å². The van der Waals surface area contributed by atoms with E-state index < -0.39 is 8.32 Å². The average Bonchev–Trinajstić information content (AvgIpc) is 3.00. The summed E-state index contributed by atoms with van der Waals surface area (Å²) in [5.41, 5.74) is 3.19. The molecule has 4 aliphatic carbocycles. The zero-order chi connectivity index (χ0) is 23.5. The second-order valence-corrected chi connectivity index (χ2v) is 17.6. The van der Waals surface area contributed by atoms with Crippen molar-refractivity contribution >= 4 is 20.1 Å². The number of hydrogen-bond acceptors (Lipinski definition) is 4. The predicted molar refractivity (Wildman–Crippen MR) is 130 cm³/mol. The van der Waals surface area contributed by atoms with Crippen LogP contribution in [0.1, 0.15) is 86.0 Å². The highest BCUT2D eigenvalue weighted by Gasteiger charge is 2.59. The molecule has 0 aromatic heterocycles. The second kappa shape index (κ2) is 8.37. The fraction of sp³-hybridized carbons (Fsp3) is 0.852. The van der Waals surface area contributed by atoms with Crippen molar-refractivity contribution in [2.45, 2.75) is 110 Å². The predicted octanol–water partition coefficient (Wildman–Crippen LogP) is 6.45. The molecule has 6 atom stereocenters. The molecule has 2 fully saturated rings. The van der Waals surface area contributed by atoms with Gasteiger partial charge >= 0.3 is 5.97 Å². The van der Waals surface area contributed by atoms with Crippen molar-refractivity contribution in [2.75, 3.05) is 6.61 Å². The van der Waals surface area contributed by atoms with Crippen LogP contribution in [-0.4, -0.2) is 32.8 Å². The van der Waals surface area contributed by atoms with E-state index in [9.17, 15) is 9.59 Å². The standard InChI is InChI=1S/C27H44O4Si/c1-17(28)30-16-19-14-18-15-20(29)8-9-21(18)22-12-13-27(5)23(25(19)22)10-11-24(27)31-32(6,7)26(2,3)4/h19,22-25H,8-16H2,1-7H3/t19-,22+,23-,24-,25+,27-/m0/s1. The number of ether oxygens (including phenoxy) is 1.